The van der Waals surface area contributed by atoms with E-state index in [1.165, 1.54) is 48.3 Å². The third kappa shape index (κ3) is 9.55. The summed E-state index contributed by atoms with van der Waals surface area (Å²) in [7, 11) is 8.93. The highest BCUT2D eigenvalue weighted by molar-refractivity contribution is 6.22. The van der Waals surface area contributed by atoms with E-state index in [0.29, 0.717) is 35.3 Å². The van der Waals surface area contributed by atoms with Gasteiger partial charge >= 0.3 is 0 Å². The summed E-state index contributed by atoms with van der Waals surface area (Å²) in [6.45, 7) is 5.02. The van der Waals surface area contributed by atoms with Gasteiger partial charge in [-0.3, -0.25) is 29.0 Å². The first-order chi connectivity index (χ1) is 20.0. The molecule has 2 aliphatic rings. The second kappa shape index (κ2) is 16.8. The molecule has 0 atom stereocenters. The van der Waals surface area contributed by atoms with Crippen molar-refractivity contribution in [1.29, 1.82) is 0 Å². The summed E-state index contributed by atoms with van der Waals surface area (Å²) >= 11 is 0. The van der Waals surface area contributed by atoms with Gasteiger partial charge in [-0.2, -0.15) is 0 Å². The van der Waals surface area contributed by atoms with Crippen molar-refractivity contribution < 1.29 is 62.1 Å². The fourth-order valence-electron chi connectivity index (χ4n) is 6.21. The van der Waals surface area contributed by atoms with E-state index < -0.39 is 0 Å². The molecular formula is C34H48Br2N4O4. The first-order valence-corrected chi connectivity index (χ1v) is 15.6. The number of rotatable bonds is 17. The molecule has 2 aromatic rings. The number of hydrogen-bond acceptors (Lipinski definition) is 4. The smallest absolute Gasteiger partial charge is 0.261 e. The van der Waals surface area contributed by atoms with Crippen molar-refractivity contribution in [3.05, 3.63) is 70.8 Å². The van der Waals surface area contributed by atoms with Crippen molar-refractivity contribution in [2.45, 2.75) is 51.4 Å². The number of hydrogen-bond donors (Lipinski definition) is 0. The second-order valence-electron chi connectivity index (χ2n) is 13.2. The van der Waals surface area contributed by atoms with E-state index >= 15 is 0 Å². The number of carbonyl (C=O) groups is 4. The van der Waals surface area contributed by atoms with Crippen LogP contribution in [0, 0.1) is 0 Å². The molecule has 0 bridgehead atoms. The molecule has 242 valence electrons. The summed E-state index contributed by atoms with van der Waals surface area (Å²) < 4.78 is 1.80. The number of benzene rings is 2. The largest absolute Gasteiger partial charge is 1.00 e. The van der Waals surface area contributed by atoms with Crippen LogP contribution >= 0.6 is 0 Å². The minimum Gasteiger partial charge on any atom is -1.00 e. The minimum absolute atomic E-state index is 0. The average Bonchev–Trinajstić information content (AvgIpc) is 3.35. The van der Waals surface area contributed by atoms with Crippen molar-refractivity contribution in [3.8, 4) is 0 Å². The fraction of sp³-hybridized carbons (Fsp3) is 0.529. The fourth-order valence-corrected chi connectivity index (χ4v) is 6.21. The average molecular weight is 737 g/mol. The molecule has 0 spiro atoms. The van der Waals surface area contributed by atoms with E-state index in [1.54, 1.807) is 48.5 Å². The Bertz CT molecular complexity index is 1140. The third-order valence-corrected chi connectivity index (χ3v) is 8.82. The monoisotopic (exact) mass is 734 g/mol. The van der Waals surface area contributed by atoms with Crippen molar-refractivity contribution in [3.63, 3.8) is 0 Å². The molecule has 0 aliphatic carbocycles. The molecule has 0 saturated heterocycles. The summed E-state index contributed by atoms with van der Waals surface area (Å²) in [6, 6.07) is 14.2. The van der Waals surface area contributed by atoms with Gasteiger partial charge in [0.05, 0.1) is 76.6 Å². The number of amides is 4. The molecule has 8 nitrogen and oxygen atoms in total. The molecule has 2 aliphatic heterocycles. The Morgan fingerprint density at radius 3 is 0.977 bits per heavy atom. The van der Waals surface area contributed by atoms with Gasteiger partial charge in [0.2, 0.25) is 0 Å². The lowest BCUT2D eigenvalue weighted by Gasteiger charge is -2.31. The van der Waals surface area contributed by atoms with Gasteiger partial charge < -0.3 is 42.9 Å². The van der Waals surface area contributed by atoms with Crippen LogP contribution in [0.3, 0.4) is 0 Å². The van der Waals surface area contributed by atoms with Crippen LogP contribution in [0.5, 0.6) is 0 Å². The molecule has 44 heavy (non-hydrogen) atoms. The van der Waals surface area contributed by atoms with Crippen LogP contribution < -0.4 is 34.0 Å². The first kappa shape index (κ1) is 37.8. The number of carbonyl (C=O) groups excluding carboxylic acids is 4. The summed E-state index contributed by atoms with van der Waals surface area (Å²) in [6.07, 6.45) is 8.90. The molecule has 4 rings (SSSR count). The van der Waals surface area contributed by atoms with Crippen LogP contribution in [0.4, 0.5) is 0 Å². The van der Waals surface area contributed by atoms with Crippen molar-refractivity contribution >= 4 is 23.6 Å². The minimum atomic E-state index is -0.163. The van der Waals surface area contributed by atoms with Crippen molar-refractivity contribution in [2.24, 2.45) is 0 Å². The van der Waals surface area contributed by atoms with Crippen LogP contribution in [-0.4, -0.2) is 110 Å². The lowest BCUT2D eigenvalue weighted by Crippen LogP contribution is -3.00. The standard InChI is InChI=1S/C34H48N4O4.2BrH/c1-37(2,25-15-21-35-31(39)27-17-9-10-18-28(27)32(35)40)23-13-7-5-6-8-14-24-38(3,4)26-16-22-36-33(41)29-19-11-12-20-30(29)34(36)42;;/h9-12,17-20H,5-8,13-16,21-26H2,1-4H3;2*1H/q+2;;/p-2. The molecular weight excluding hydrogens is 688 g/mol. The highest BCUT2D eigenvalue weighted by atomic mass is 79.9. The van der Waals surface area contributed by atoms with Crippen LogP contribution in [0.25, 0.3) is 0 Å². The number of halogens is 2. The Kier molecular flexibility index (Phi) is 14.4. The predicted molar refractivity (Wildman–Crippen MR) is 164 cm³/mol. The van der Waals surface area contributed by atoms with Gasteiger partial charge in [-0.1, -0.05) is 37.1 Å². The normalized spacial score (nSPS) is 14.5. The van der Waals surface area contributed by atoms with Crippen LogP contribution in [0.2, 0.25) is 0 Å². The van der Waals surface area contributed by atoms with Gasteiger partial charge in [0.25, 0.3) is 23.6 Å². The van der Waals surface area contributed by atoms with Gasteiger partial charge in [-0.25, -0.2) is 0 Å². The molecule has 0 radical (unpaired) electrons. The van der Waals surface area contributed by atoms with Crippen molar-refractivity contribution in [2.75, 3.05) is 67.5 Å². The molecule has 2 aromatic carbocycles. The summed E-state index contributed by atoms with van der Waals surface area (Å²) in [5, 5.41) is 0. The Balaban J connectivity index is 0.00000337. The van der Waals surface area contributed by atoms with Crippen LogP contribution in [-0.2, 0) is 0 Å². The zero-order valence-electron chi connectivity index (χ0n) is 26.7. The van der Waals surface area contributed by atoms with Gasteiger partial charge in [-0.05, 0) is 49.9 Å². The maximum absolute atomic E-state index is 12.6. The molecule has 0 aromatic heterocycles. The molecule has 4 amide bonds. The lowest BCUT2D eigenvalue weighted by atomic mass is 10.1. The highest BCUT2D eigenvalue weighted by Crippen LogP contribution is 2.24. The first-order valence-electron chi connectivity index (χ1n) is 15.6. The van der Waals surface area contributed by atoms with E-state index in [-0.39, 0.29) is 57.6 Å². The maximum atomic E-state index is 12.6. The topological polar surface area (TPSA) is 74.8 Å². The summed E-state index contributed by atoms with van der Waals surface area (Å²) in [5.41, 5.74) is 2.10. The van der Waals surface area contributed by atoms with E-state index in [4.69, 9.17) is 0 Å². The van der Waals surface area contributed by atoms with Gasteiger partial charge in [0.1, 0.15) is 0 Å². The molecule has 0 saturated carbocycles. The van der Waals surface area contributed by atoms with Crippen molar-refractivity contribution in [1.82, 2.24) is 9.80 Å². The number of unbranched alkanes of at least 4 members (excludes halogenated alkanes) is 5. The van der Waals surface area contributed by atoms with E-state index in [1.807, 2.05) is 0 Å². The predicted octanol–water partition coefficient (Wildman–Crippen LogP) is -1.14. The quantitative estimate of drug-likeness (QED) is 0.117. The second-order valence-corrected chi connectivity index (χ2v) is 13.2. The molecule has 2 heterocycles. The molecule has 10 heteroatoms. The summed E-state index contributed by atoms with van der Waals surface area (Å²) in [5.74, 6) is -0.650. The van der Waals surface area contributed by atoms with E-state index in [0.717, 1.165) is 48.0 Å². The molecule has 0 N–H and O–H groups in total. The molecule has 0 fully saturated rings. The van der Waals surface area contributed by atoms with E-state index in [2.05, 4.69) is 28.2 Å². The maximum Gasteiger partial charge on any atom is 0.261 e. The van der Waals surface area contributed by atoms with Gasteiger partial charge in [0.15, 0.2) is 0 Å². The number of fused-ring (bicyclic) bond motifs is 2. The zero-order chi connectivity index (χ0) is 30.3. The third-order valence-electron chi connectivity index (χ3n) is 8.82. The Morgan fingerprint density at radius 2 is 0.682 bits per heavy atom. The molecule has 0 unspecified atom stereocenters. The highest BCUT2D eigenvalue weighted by Gasteiger charge is 2.36. The Labute approximate surface area is 284 Å². The lowest BCUT2D eigenvalue weighted by molar-refractivity contribution is -0.890. The zero-order valence-corrected chi connectivity index (χ0v) is 29.9. The van der Waals surface area contributed by atoms with E-state index in [9.17, 15) is 19.2 Å². The Morgan fingerprint density at radius 1 is 0.432 bits per heavy atom. The van der Waals surface area contributed by atoms with Gasteiger partial charge in [0, 0.05) is 25.9 Å². The number of nitrogens with zero attached hydrogens (tertiary/aromatic N) is 4. The van der Waals surface area contributed by atoms with Crippen LogP contribution in [0.1, 0.15) is 92.8 Å². The summed E-state index contributed by atoms with van der Waals surface area (Å²) in [4.78, 5) is 53.1. The van der Waals surface area contributed by atoms with Gasteiger partial charge in [-0.15, -0.1) is 0 Å². The number of quaternary nitrogens is 2. The van der Waals surface area contributed by atoms with Crippen LogP contribution in [0.15, 0.2) is 48.5 Å². The number of imide groups is 2. The SMILES string of the molecule is C[N+](C)(CCCCCCCC[N+](C)(C)CCCN1C(=O)c2ccccc2C1=O)CCCN1C(=O)c2ccccc2C1=O.[Br-].[Br-]. The Hall–Kier alpha value is -2.40.